The third-order valence-corrected chi connectivity index (χ3v) is 4.55. The van der Waals surface area contributed by atoms with Gasteiger partial charge in [-0.05, 0) is 67.5 Å². The number of carbonyl (C=O) groups is 2. The summed E-state index contributed by atoms with van der Waals surface area (Å²) in [5, 5.41) is 0. The molecule has 0 fully saturated rings. The van der Waals surface area contributed by atoms with Crippen LogP contribution in [-0.4, -0.2) is 11.9 Å². The second-order valence-corrected chi connectivity index (χ2v) is 6.42. The molecule has 0 bridgehead atoms. The summed E-state index contributed by atoms with van der Waals surface area (Å²) in [6, 6.07) is 7.89. The van der Waals surface area contributed by atoms with Crippen LogP contribution in [0.2, 0.25) is 0 Å². The Labute approximate surface area is 160 Å². The molecule has 0 N–H and O–H groups in total. The van der Waals surface area contributed by atoms with Gasteiger partial charge in [0.15, 0.2) is 0 Å². The van der Waals surface area contributed by atoms with Crippen LogP contribution in [0.5, 0.6) is 11.5 Å². The highest BCUT2D eigenvalue weighted by Gasteiger charge is 2.15. The number of ether oxygens (including phenoxy) is 2. The minimum Gasteiger partial charge on any atom is -0.423 e. The molecule has 4 nitrogen and oxygen atoms in total. The topological polar surface area (TPSA) is 52.6 Å². The van der Waals surface area contributed by atoms with E-state index in [1.165, 1.54) is 0 Å². The molecule has 0 atom stereocenters. The van der Waals surface area contributed by atoms with Crippen LogP contribution in [0, 0.1) is 27.7 Å². The predicted molar refractivity (Wildman–Crippen MR) is 106 cm³/mol. The third-order valence-electron chi connectivity index (χ3n) is 4.55. The molecule has 0 aliphatic heterocycles. The molecular weight excluding hydrogens is 340 g/mol. The molecule has 0 radical (unpaired) electrons. The fraction of sp³-hybridized carbons (Fsp3) is 0.217. The molecule has 27 heavy (non-hydrogen) atoms. The zero-order valence-corrected chi connectivity index (χ0v) is 16.2. The van der Waals surface area contributed by atoms with E-state index in [4.69, 9.17) is 9.47 Å². The molecule has 140 valence electrons. The SMILES string of the molecule is C=CC(=O)Oc1c(C)ccc(Cc2ccc(C)c(OC(=O)C=C)c2C)c1C. The van der Waals surface area contributed by atoms with Crippen LogP contribution in [0.1, 0.15) is 33.4 Å². The standard InChI is InChI=1S/C23H24O4/c1-7-20(24)26-22-14(3)9-11-18(16(22)5)13-19-12-10-15(4)23(17(19)6)27-21(25)8-2/h7-12H,1-2,13H2,3-6H3. The van der Waals surface area contributed by atoms with Crippen molar-refractivity contribution in [3.63, 3.8) is 0 Å². The number of hydrogen-bond donors (Lipinski definition) is 0. The van der Waals surface area contributed by atoms with E-state index >= 15 is 0 Å². The van der Waals surface area contributed by atoms with Crippen molar-refractivity contribution in [3.8, 4) is 11.5 Å². The van der Waals surface area contributed by atoms with Crippen LogP contribution >= 0.6 is 0 Å². The smallest absolute Gasteiger partial charge is 0.335 e. The number of benzene rings is 2. The predicted octanol–water partition coefficient (Wildman–Crippen LogP) is 4.69. The molecular formula is C23H24O4. The van der Waals surface area contributed by atoms with E-state index < -0.39 is 11.9 Å². The lowest BCUT2D eigenvalue weighted by Gasteiger charge is -2.17. The Morgan fingerprint density at radius 1 is 0.778 bits per heavy atom. The normalized spacial score (nSPS) is 10.2. The lowest BCUT2D eigenvalue weighted by atomic mass is 9.94. The number of carbonyl (C=O) groups excluding carboxylic acids is 2. The van der Waals surface area contributed by atoms with Crippen molar-refractivity contribution < 1.29 is 19.1 Å². The van der Waals surface area contributed by atoms with Gasteiger partial charge in [0.05, 0.1) is 0 Å². The number of rotatable bonds is 6. The zero-order valence-electron chi connectivity index (χ0n) is 16.2. The maximum atomic E-state index is 11.6. The van der Waals surface area contributed by atoms with Crippen LogP contribution in [0.4, 0.5) is 0 Å². The van der Waals surface area contributed by atoms with Gasteiger partial charge in [0, 0.05) is 12.2 Å². The van der Waals surface area contributed by atoms with E-state index in [1.54, 1.807) is 0 Å². The van der Waals surface area contributed by atoms with Gasteiger partial charge in [0.25, 0.3) is 0 Å². The lowest BCUT2D eigenvalue weighted by Crippen LogP contribution is -2.09. The molecule has 2 aromatic rings. The van der Waals surface area contributed by atoms with Crippen molar-refractivity contribution in [2.75, 3.05) is 0 Å². The molecule has 0 amide bonds. The summed E-state index contributed by atoms with van der Waals surface area (Å²) in [5.41, 5.74) is 5.62. The second-order valence-electron chi connectivity index (χ2n) is 6.42. The summed E-state index contributed by atoms with van der Waals surface area (Å²) in [6.45, 7) is 14.5. The van der Waals surface area contributed by atoms with Gasteiger partial charge in [-0.2, -0.15) is 0 Å². The van der Waals surface area contributed by atoms with Gasteiger partial charge in [-0.1, -0.05) is 37.4 Å². The minimum absolute atomic E-state index is 0.483. The molecule has 0 spiro atoms. The Bertz CT molecular complexity index is 847. The summed E-state index contributed by atoms with van der Waals surface area (Å²) >= 11 is 0. The highest BCUT2D eigenvalue weighted by atomic mass is 16.5. The van der Waals surface area contributed by atoms with E-state index in [1.807, 2.05) is 52.0 Å². The monoisotopic (exact) mass is 364 g/mol. The molecule has 0 saturated heterocycles. The first-order valence-electron chi connectivity index (χ1n) is 8.65. The van der Waals surface area contributed by atoms with E-state index in [0.717, 1.165) is 45.5 Å². The zero-order chi connectivity index (χ0) is 20.1. The van der Waals surface area contributed by atoms with Crippen molar-refractivity contribution in [2.24, 2.45) is 0 Å². The first-order chi connectivity index (χ1) is 12.8. The van der Waals surface area contributed by atoms with E-state index in [0.29, 0.717) is 17.9 Å². The first-order valence-corrected chi connectivity index (χ1v) is 8.65. The number of aryl methyl sites for hydroxylation is 2. The summed E-state index contributed by atoms with van der Waals surface area (Å²) in [6.07, 6.45) is 2.92. The highest BCUT2D eigenvalue weighted by molar-refractivity contribution is 5.84. The molecule has 4 heteroatoms. The molecule has 0 heterocycles. The first kappa shape index (κ1) is 20.2. The average molecular weight is 364 g/mol. The van der Waals surface area contributed by atoms with E-state index in [-0.39, 0.29) is 0 Å². The molecule has 0 aliphatic rings. The summed E-state index contributed by atoms with van der Waals surface area (Å²) < 4.78 is 10.8. The molecule has 2 aromatic carbocycles. The molecule has 0 aliphatic carbocycles. The Hall–Kier alpha value is -3.14. The van der Waals surface area contributed by atoms with Gasteiger partial charge >= 0.3 is 11.9 Å². The summed E-state index contributed by atoms with van der Waals surface area (Å²) in [7, 11) is 0. The Kier molecular flexibility index (Phi) is 6.35. The van der Waals surface area contributed by atoms with Crippen molar-refractivity contribution >= 4 is 11.9 Å². The van der Waals surface area contributed by atoms with Crippen LogP contribution in [0.25, 0.3) is 0 Å². The van der Waals surface area contributed by atoms with Gasteiger partial charge < -0.3 is 9.47 Å². The maximum Gasteiger partial charge on any atom is 0.335 e. The minimum atomic E-state index is -0.483. The maximum absolute atomic E-state index is 11.6. The van der Waals surface area contributed by atoms with E-state index in [9.17, 15) is 9.59 Å². The molecule has 0 aromatic heterocycles. The van der Waals surface area contributed by atoms with Crippen molar-refractivity contribution in [1.29, 1.82) is 0 Å². The quantitative estimate of drug-likeness (QED) is 0.424. The van der Waals surface area contributed by atoms with Crippen molar-refractivity contribution in [2.45, 2.75) is 34.1 Å². The van der Waals surface area contributed by atoms with Crippen molar-refractivity contribution in [1.82, 2.24) is 0 Å². The summed E-state index contributed by atoms with van der Waals surface area (Å²) in [5.74, 6) is 0.146. The Morgan fingerprint density at radius 2 is 1.15 bits per heavy atom. The summed E-state index contributed by atoms with van der Waals surface area (Å²) in [4.78, 5) is 23.3. The fourth-order valence-electron chi connectivity index (χ4n) is 2.92. The third kappa shape index (κ3) is 4.53. The van der Waals surface area contributed by atoms with Gasteiger partial charge in [-0.25, -0.2) is 9.59 Å². The number of hydrogen-bond acceptors (Lipinski definition) is 4. The lowest BCUT2D eigenvalue weighted by molar-refractivity contribution is -0.129. The van der Waals surface area contributed by atoms with Crippen LogP contribution < -0.4 is 9.47 Å². The molecule has 0 unspecified atom stereocenters. The average Bonchev–Trinajstić information content (AvgIpc) is 2.65. The Balaban J connectivity index is 2.43. The highest BCUT2D eigenvalue weighted by Crippen LogP contribution is 2.32. The van der Waals surface area contributed by atoms with Crippen molar-refractivity contribution in [3.05, 3.63) is 83.0 Å². The van der Waals surface area contributed by atoms with Gasteiger partial charge in [0.2, 0.25) is 0 Å². The van der Waals surface area contributed by atoms with Crippen LogP contribution in [0.3, 0.4) is 0 Å². The van der Waals surface area contributed by atoms with Gasteiger partial charge in [-0.3, -0.25) is 0 Å². The Morgan fingerprint density at radius 3 is 1.48 bits per heavy atom. The van der Waals surface area contributed by atoms with Gasteiger partial charge in [-0.15, -0.1) is 0 Å². The molecule has 0 saturated carbocycles. The largest absolute Gasteiger partial charge is 0.423 e. The van der Waals surface area contributed by atoms with Crippen LogP contribution in [0.15, 0.2) is 49.6 Å². The van der Waals surface area contributed by atoms with Gasteiger partial charge in [0.1, 0.15) is 11.5 Å². The molecule has 2 rings (SSSR count). The van der Waals surface area contributed by atoms with E-state index in [2.05, 4.69) is 13.2 Å². The van der Waals surface area contributed by atoms with Crippen LogP contribution in [-0.2, 0) is 16.0 Å². The number of esters is 2. The fourth-order valence-corrected chi connectivity index (χ4v) is 2.92. The second kappa shape index (κ2) is 8.49.